The Kier molecular flexibility index (Phi) is 5.59. The van der Waals surface area contributed by atoms with E-state index in [1.54, 1.807) is 13.8 Å². The third-order valence-electron chi connectivity index (χ3n) is 3.25. The van der Waals surface area contributed by atoms with Gasteiger partial charge in [0.05, 0.1) is 4.90 Å². The first-order chi connectivity index (χ1) is 9.66. The molecular formula is C13H17NO6S. The Morgan fingerprint density at radius 2 is 1.67 bits per heavy atom. The summed E-state index contributed by atoms with van der Waals surface area (Å²) >= 11 is 0. The maximum absolute atomic E-state index is 11.9. The highest BCUT2D eigenvalue weighted by molar-refractivity contribution is 7.85. The van der Waals surface area contributed by atoms with Gasteiger partial charge < -0.3 is 10.4 Å². The van der Waals surface area contributed by atoms with Crippen molar-refractivity contribution in [2.24, 2.45) is 11.8 Å². The lowest BCUT2D eigenvalue weighted by Crippen LogP contribution is -2.31. The molecule has 0 aliphatic carbocycles. The normalized spacial score (nSPS) is 14.3. The Balaban J connectivity index is 2.77. The zero-order chi connectivity index (χ0) is 16.2. The first-order valence-electron chi connectivity index (χ1n) is 6.18. The van der Waals surface area contributed by atoms with Crippen molar-refractivity contribution in [3.63, 3.8) is 0 Å². The molecule has 0 fully saturated rings. The molecule has 1 aromatic rings. The summed E-state index contributed by atoms with van der Waals surface area (Å²) in [6, 6.07) is 4.95. The summed E-state index contributed by atoms with van der Waals surface area (Å²) < 4.78 is 30.6. The second-order valence-corrected chi connectivity index (χ2v) is 6.11. The molecule has 21 heavy (non-hydrogen) atoms. The fourth-order valence-electron chi connectivity index (χ4n) is 1.62. The lowest BCUT2D eigenvalue weighted by Gasteiger charge is -2.17. The number of Topliss-reactive ketones (excluding diaryl/α,β-unsaturated/α-hetero) is 1. The molecule has 1 rings (SSSR count). The number of hydrogen-bond donors (Lipinski definition) is 3. The minimum Gasteiger partial charge on any atom is -0.389 e. The highest BCUT2D eigenvalue weighted by Crippen LogP contribution is 2.17. The van der Waals surface area contributed by atoms with Crippen LogP contribution in [0, 0.1) is 11.8 Å². The van der Waals surface area contributed by atoms with Gasteiger partial charge in [0.1, 0.15) is 6.61 Å². The summed E-state index contributed by atoms with van der Waals surface area (Å²) in [6.07, 6.45) is 0. The van der Waals surface area contributed by atoms with E-state index in [0.717, 1.165) is 12.1 Å². The number of rotatable bonds is 6. The number of anilines is 1. The van der Waals surface area contributed by atoms with Crippen LogP contribution in [0.5, 0.6) is 0 Å². The van der Waals surface area contributed by atoms with Gasteiger partial charge in [-0.05, 0) is 24.3 Å². The first kappa shape index (κ1) is 17.3. The van der Waals surface area contributed by atoms with Crippen molar-refractivity contribution in [1.29, 1.82) is 0 Å². The molecule has 0 saturated carbocycles. The van der Waals surface area contributed by atoms with E-state index in [1.165, 1.54) is 12.1 Å². The van der Waals surface area contributed by atoms with Crippen LogP contribution in [0.15, 0.2) is 29.2 Å². The monoisotopic (exact) mass is 315 g/mol. The Bertz CT molecular complexity index is 623. The van der Waals surface area contributed by atoms with Gasteiger partial charge in [-0.1, -0.05) is 13.8 Å². The number of aliphatic hydroxyl groups is 1. The lowest BCUT2D eigenvalue weighted by molar-refractivity contribution is -0.131. The van der Waals surface area contributed by atoms with E-state index in [9.17, 15) is 18.0 Å². The van der Waals surface area contributed by atoms with Gasteiger partial charge in [-0.2, -0.15) is 8.42 Å². The van der Waals surface area contributed by atoms with Gasteiger partial charge in [-0.15, -0.1) is 0 Å². The van der Waals surface area contributed by atoms with Crippen molar-refractivity contribution in [2.75, 3.05) is 11.9 Å². The number of nitrogens with one attached hydrogen (secondary N) is 1. The van der Waals surface area contributed by atoms with E-state index in [4.69, 9.17) is 9.66 Å². The molecule has 0 saturated heterocycles. The smallest absolute Gasteiger partial charge is 0.294 e. The lowest BCUT2D eigenvalue weighted by atomic mass is 9.91. The summed E-state index contributed by atoms with van der Waals surface area (Å²) in [5.74, 6) is -2.14. The minimum atomic E-state index is -4.28. The number of benzene rings is 1. The second-order valence-electron chi connectivity index (χ2n) is 4.69. The zero-order valence-electron chi connectivity index (χ0n) is 11.6. The third-order valence-corrected chi connectivity index (χ3v) is 4.11. The number of carbonyl (C=O) groups is 2. The minimum absolute atomic E-state index is 0.280. The third kappa shape index (κ3) is 4.62. The van der Waals surface area contributed by atoms with Crippen molar-refractivity contribution in [3.8, 4) is 0 Å². The quantitative estimate of drug-likeness (QED) is 0.665. The molecule has 0 spiro atoms. The SMILES string of the molecule is CC(C(=O)CO)C(C)C(=O)Nc1ccc(S(=O)(=O)O)cc1. The summed E-state index contributed by atoms with van der Waals surface area (Å²) in [4.78, 5) is 23.0. The number of aliphatic hydroxyl groups excluding tert-OH is 1. The summed E-state index contributed by atoms with van der Waals surface area (Å²) in [5.41, 5.74) is 0.336. The van der Waals surface area contributed by atoms with Gasteiger partial charge in [-0.3, -0.25) is 14.1 Å². The average Bonchev–Trinajstić information content (AvgIpc) is 2.44. The molecule has 0 aliphatic rings. The molecule has 116 valence electrons. The van der Waals surface area contributed by atoms with Gasteiger partial charge in [0.2, 0.25) is 5.91 Å². The van der Waals surface area contributed by atoms with Crippen molar-refractivity contribution in [1.82, 2.24) is 0 Å². The van der Waals surface area contributed by atoms with Gasteiger partial charge >= 0.3 is 0 Å². The maximum atomic E-state index is 11.9. The van der Waals surface area contributed by atoms with E-state index >= 15 is 0 Å². The molecule has 3 N–H and O–H groups in total. The van der Waals surface area contributed by atoms with Crippen molar-refractivity contribution < 1.29 is 27.7 Å². The van der Waals surface area contributed by atoms with E-state index in [0.29, 0.717) is 5.69 Å². The number of carbonyl (C=O) groups excluding carboxylic acids is 2. The summed E-state index contributed by atoms with van der Waals surface area (Å²) in [7, 11) is -4.28. The second kappa shape index (κ2) is 6.79. The van der Waals surface area contributed by atoms with Crippen LogP contribution in [0.4, 0.5) is 5.69 Å². The van der Waals surface area contributed by atoms with Crippen LogP contribution in [0.1, 0.15) is 13.8 Å². The fraction of sp³-hybridized carbons (Fsp3) is 0.385. The molecule has 0 aliphatic heterocycles. The van der Waals surface area contributed by atoms with E-state index in [1.807, 2.05) is 0 Å². The molecule has 2 atom stereocenters. The topological polar surface area (TPSA) is 121 Å². The Labute approximate surface area is 122 Å². The van der Waals surface area contributed by atoms with E-state index in [2.05, 4.69) is 5.32 Å². The molecule has 2 unspecified atom stereocenters. The molecule has 0 heterocycles. The van der Waals surface area contributed by atoms with Crippen LogP contribution in [0.25, 0.3) is 0 Å². The Morgan fingerprint density at radius 3 is 2.10 bits per heavy atom. The number of hydrogen-bond acceptors (Lipinski definition) is 5. The molecule has 0 bridgehead atoms. The standard InChI is InChI=1S/C13H17NO6S/c1-8(12(16)7-15)9(2)13(17)14-10-3-5-11(6-4-10)21(18,19)20/h3-6,8-9,15H,7H2,1-2H3,(H,14,17)(H,18,19,20). The van der Waals surface area contributed by atoms with Gasteiger partial charge in [0, 0.05) is 17.5 Å². The van der Waals surface area contributed by atoms with E-state index < -0.39 is 40.3 Å². The zero-order valence-corrected chi connectivity index (χ0v) is 12.4. The average molecular weight is 315 g/mol. The number of amides is 1. The van der Waals surface area contributed by atoms with Gasteiger partial charge in [0.25, 0.3) is 10.1 Å². The first-order valence-corrected chi connectivity index (χ1v) is 7.62. The fourth-order valence-corrected chi connectivity index (χ4v) is 2.10. The molecule has 0 radical (unpaired) electrons. The van der Waals surface area contributed by atoms with Gasteiger partial charge in [0.15, 0.2) is 5.78 Å². The van der Waals surface area contributed by atoms with Crippen molar-refractivity contribution >= 4 is 27.5 Å². The molecule has 1 aromatic carbocycles. The van der Waals surface area contributed by atoms with E-state index in [-0.39, 0.29) is 4.90 Å². The Hall–Kier alpha value is -1.77. The maximum Gasteiger partial charge on any atom is 0.294 e. The largest absolute Gasteiger partial charge is 0.389 e. The van der Waals surface area contributed by atoms with Gasteiger partial charge in [-0.25, -0.2) is 0 Å². The van der Waals surface area contributed by atoms with Crippen LogP contribution in [-0.4, -0.2) is 36.4 Å². The Morgan fingerprint density at radius 1 is 1.14 bits per heavy atom. The predicted octanol–water partition coefficient (Wildman–Crippen LogP) is 0.705. The highest BCUT2D eigenvalue weighted by Gasteiger charge is 2.25. The van der Waals surface area contributed by atoms with Crippen LogP contribution < -0.4 is 5.32 Å². The van der Waals surface area contributed by atoms with Crippen molar-refractivity contribution in [2.45, 2.75) is 18.7 Å². The van der Waals surface area contributed by atoms with Crippen molar-refractivity contribution in [3.05, 3.63) is 24.3 Å². The van der Waals surface area contributed by atoms with Crippen LogP contribution in [0.2, 0.25) is 0 Å². The molecule has 7 nitrogen and oxygen atoms in total. The summed E-state index contributed by atoms with van der Waals surface area (Å²) in [5, 5.41) is 11.3. The highest BCUT2D eigenvalue weighted by atomic mass is 32.2. The van der Waals surface area contributed by atoms with Crippen LogP contribution >= 0.6 is 0 Å². The molecular weight excluding hydrogens is 298 g/mol. The molecule has 8 heteroatoms. The van der Waals surface area contributed by atoms with Crippen LogP contribution in [-0.2, 0) is 19.7 Å². The molecule has 0 aromatic heterocycles. The summed E-state index contributed by atoms with van der Waals surface area (Å²) in [6.45, 7) is 2.48. The van der Waals surface area contributed by atoms with Crippen LogP contribution in [0.3, 0.4) is 0 Å². The number of ketones is 1. The predicted molar refractivity (Wildman–Crippen MR) is 75.3 cm³/mol. The molecule has 1 amide bonds.